The van der Waals surface area contributed by atoms with Gasteiger partial charge in [0, 0.05) is 6.54 Å². The zero-order chi connectivity index (χ0) is 9.78. The lowest BCUT2D eigenvalue weighted by Crippen LogP contribution is -2.52. The molecular formula is C9H22N2O. The van der Waals surface area contributed by atoms with Gasteiger partial charge in [0.05, 0.1) is 12.1 Å². The van der Waals surface area contributed by atoms with Gasteiger partial charge >= 0.3 is 0 Å². The van der Waals surface area contributed by atoms with Crippen molar-refractivity contribution in [1.29, 1.82) is 0 Å². The van der Waals surface area contributed by atoms with Gasteiger partial charge in [-0.1, -0.05) is 6.92 Å². The molecule has 74 valence electrons. The molecule has 0 spiro atoms. The van der Waals surface area contributed by atoms with E-state index in [4.69, 9.17) is 0 Å². The van der Waals surface area contributed by atoms with Gasteiger partial charge < -0.3 is 14.9 Å². The van der Waals surface area contributed by atoms with Crippen molar-refractivity contribution in [2.75, 3.05) is 40.8 Å². The maximum atomic E-state index is 9.23. The van der Waals surface area contributed by atoms with Crippen LogP contribution in [0, 0.1) is 0 Å². The molecule has 0 aromatic carbocycles. The molecule has 0 radical (unpaired) electrons. The Morgan fingerprint density at radius 2 is 1.75 bits per heavy atom. The number of rotatable bonds is 5. The second-order valence-corrected chi connectivity index (χ2v) is 3.88. The van der Waals surface area contributed by atoms with Crippen LogP contribution < -0.4 is 0 Å². The third-order valence-electron chi connectivity index (χ3n) is 2.57. The molecule has 0 aliphatic heterocycles. The van der Waals surface area contributed by atoms with Gasteiger partial charge in [0.25, 0.3) is 0 Å². The van der Waals surface area contributed by atoms with Gasteiger partial charge in [-0.05, 0) is 34.6 Å². The first-order valence-corrected chi connectivity index (χ1v) is 4.43. The molecule has 0 heterocycles. The summed E-state index contributed by atoms with van der Waals surface area (Å²) in [7, 11) is 6.07. The molecule has 0 bridgehead atoms. The van der Waals surface area contributed by atoms with Gasteiger partial charge in [-0.2, -0.15) is 0 Å². The standard InChI is InChI=1S/C9H22N2O/c1-6-11(5)7-9(2,8-12)10(3)4/h12H,6-8H2,1-5H3. The van der Waals surface area contributed by atoms with Gasteiger partial charge in [0.1, 0.15) is 0 Å². The fourth-order valence-electron chi connectivity index (χ4n) is 1.03. The molecule has 3 heteroatoms. The molecule has 0 aromatic heterocycles. The van der Waals surface area contributed by atoms with Crippen LogP contribution in [0.1, 0.15) is 13.8 Å². The molecule has 0 fully saturated rings. The van der Waals surface area contributed by atoms with Gasteiger partial charge in [-0.3, -0.25) is 0 Å². The molecule has 12 heavy (non-hydrogen) atoms. The number of nitrogens with zero attached hydrogens (tertiary/aromatic N) is 2. The van der Waals surface area contributed by atoms with Crippen LogP contribution in [-0.2, 0) is 0 Å². The first-order valence-electron chi connectivity index (χ1n) is 4.43. The van der Waals surface area contributed by atoms with Crippen molar-refractivity contribution in [2.24, 2.45) is 0 Å². The average molecular weight is 174 g/mol. The molecule has 0 saturated carbocycles. The van der Waals surface area contributed by atoms with E-state index >= 15 is 0 Å². The van der Waals surface area contributed by atoms with E-state index < -0.39 is 0 Å². The topological polar surface area (TPSA) is 26.7 Å². The smallest absolute Gasteiger partial charge is 0.0625 e. The van der Waals surface area contributed by atoms with Crippen LogP contribution in [-0.4, -0.2) is 61.3 Å². The Labute approximate surface area is 76.0 Å². The minimum Gasteiger partial charge on any atom is -0.394 e. The Hall–Kier alpha value is -0.120. The lowest BCUT2D eigenvalue weighted by atomic mass is 10.0. The molecule has 0 aromatic rings. The largest absolute Gasteiger partial charge is 0.394 e. The third kappa shape index (κ3) is 3.09. The fraction of sp³-hybridized carbons (Fsp3) is 1.00. The van der Waals surface area contributed by atoms with Crippen molar-refractivity contribution in [3.63, 3.8) is 0 Å². The monoisotopic (exact) mass is 174 g/mol. The van der Waals surface area contributed by atoms with E-state index in [1.165, 1.54) is 0 Å². The zero-order valence-electron chi connectivity index (χ0n) is 8.96. The molecule has 0 rings (SSSR count). The van der Waals surface area contributed by atoms with Crippen LogP contribution in [0.5, 0.6) is 0 Å². The Morgan fingerprint density at radius 1 is 1.25 bits per heavy atom. The molecular weight excluding hydrogens is 152 g/mol. The number of aliphatic hydroxyl groups is 1. The summed E-state index contributed by atoms with van der Waals surface area (Å²) in [5.74, 6) is 0. The molecule has 1 N–H and O–H groups in total. The van der Waals surface area contributed by atoms with E-state index in [1.807, 2.05) is 14.1 Å². The molecule has 3 nitrogen and oxygen atoms in total. The van der Waals surface area contributed by atoms with Crippen LogP contribution in [0.25, 0.3) is 0 Å². The zero-order valence-corrected chi connectivity index (χ0v) is 8.96. The molecule has 0 amide bonds. The van der Waals surface area contributed by atoms with Crippen molar-refractivity contribution in [1.82, 2.24) is 9.80 Å². The molecule has 0 aliphatic rings. The van der Waals surface area contributed by atoms with E-state index in [1.54, 1.807) is 0 Å². The Balaban J connectivity index is 4.14. The summed E-state index contributed by atoms with van der Waals surface area (Å²) in [4.78, 5) is 4.27. The summed E-state index contributed by atoms with van der Waals surface area (Å²) in [6, 6.07) is 0. The fourth-order valence-corrected chi connectivity index (χ4v) is 1.03. The van der Waals surface area contributed by atoms with E-state index in [0.29, 0.717) is 0 Å². The first-order chi connectivity index (χ1) is 5.46. The Bertz CT molecular complexity index is 128. The second kappa shape index (κ2) is 4.80. The number of hydrogen-bond donors (Lipinski definition) is 1. The normalized spacial score (nSPS) is 17.0. The number of likely N-dealkylation sites (N-methyl/N-ethyl adjacent to an activating group) is 2. The molecule has 0 saturated heterocycles. The Morgan fingerprint density at radius 3 is 2.00 bits per heavy atom. The minimum absolute atomic E-state index is 0.120. The molecule has 1 unspecified atom stereocenters. The quantitative estimate of drug-likeness (QED) is 0.647. The van der Waals surface area contributed by atoms with Crippen molar-refractivity contribution >= 4 is 0 Å². The van der Waals surface area contributed by atoms with E-state index in [9.17, 15) is 5.11 Å². The van der Waals surface area contributed by atoms with Gasteiger partial charge in [0.2, 0.25) is 0 Å². The highest BCUT2D eigenvalue weighted by Gasteiger charge is 2.26. The minimum atomic E-state index is -0.120. The second-order valence-electron chi connectivity index (χ2n) is 3.88. The van der Waals surface area contributed by atoms with Gasteiger partial charge in [0.15, 0.2) is 0 Å². The summed E-state index contributed by atoms with van der Waals surface area (Å²) in [5, 5.41) is 9.23. The van der Waals surface area contributed by atoms with Crippen LogP contribution in [0.15, 0.2) is 0 Å². The summed E-state index contributed by atoms with van der Waals surface area (Å²) >= 11 is 0. The van der Waals surface area contributed by atoms with Gasteiger partial charge in [-0.15, -0.1) is 0 Å². The van der Waals surface area contributed by atoms with Gasteiger partial charge in [-0.25, -0.2) is 0 Å². The number of hydrogen-bond acceptors (Lipinski definition) is 3. The highest BCUT2D eigenvalue weighted by molar-refractivity contribution is 4.84. The van der Waals surface area contributed by atoms with Crippen LogP contribution >= 0.6 is 0 Å². The average Bonchev–Trinajstić information content (AvgIpc) is 2.03. The van der Waals surface area contributed by atoms with E-state index in [-0.39, 0.29) is 12.1 Å². The molecule has 1 atom stereocenters. The van der Waals surface area contributed by atoms with Crippen molar-refractivity contribution in [3.05, 3.63) is 0 Å². The van der Waals surface area contributed by atoms with E-state index in [0.717, 1.165) is 13.1 Å². The lowest BCUT2D eigenvalue weighted by Gasteiger charge is -2.37. The summed E-state index contributed by atoms with van der Waals surface area (Å²) in [6.45, 7) is 6.30. The van der Waals surface area contributed by atoms with Crippen LogP contribution in [0.4, 0.5) is 0 Å². The maximum absolute atomic E-state index is 9.23. The maximum Gasteiger partial charge on any atom is 0.0625 e. The number of aliphatic hydroxyl groups excluding tert-OH is 1. The summed E-state index contributed by atoms with van der Waals surface area (Å²) in [5.41, 5.74) is -0.120. The third-order valence-corrected chi connectivity index (χ3v) is 2.57. The highest BCUT2D eigenvalue weighted by atomic mass is 16.3. The van der Waals surface area contributed by atoms with Crippen molar-refractivity contribution < 1.29 is 5.11 Å². The summed E-state index contributed by atoms with van der Waals surface area (Å²) in [6.07, 6.45) is 0. The first kappa shape index (κ1) is 11.9. The lowest BCUT2D eigenvalue weighted by molar-refractivity contribution is 0.0551. The SMILES string of the molecule is CCN(C)CC(C)(CO)N(C)C. The Kier molecular flexibility index (Phi) is 4.75. The van der Waals surface area contributed by atoms with Crippen molar-refractivity contribution in [3.8, 4) is 0 Å². The highest BCUT2D eigenvalue weighted by Crippen LogP contribution is 2.11. The van der Waals surface area contributed by atoms with Crippen LogP contribution in [0.2, 0.25) is 0 Å². The predicted octanol–water partition coefficient (Wildman–Crippen LogP) is 0.251. The van der Waals surface area contributed by atoms with Crippen molar-refractivity contribution in [2.45, 2.75) is 19.4 Å². The predicted molar refractivity (Wildman–Crippen MR) is 52.3 cm³/mol. The molecule has 0 aliphatic carbocycles. The van der Waals surface area contributed by atoms with E-state index in [2.05, 4.69) is 30.7 Å². The van der Waals surface area contributed by atoms with Crippen LogP contribution in [0.3, 0.4) is 0 Å². The summed E-state index contributed by atoms with van der Waals surface area (Å²) < 4.78 is 0.